The van der Waals surface area contributed by atoms with Crippen LogP contribution < -0.4 is 10.9 Å². The van der Waals surface area contributed by atoms with Crippen molar-refractivity contribution in [3.63, 3.8) is 0 Å². The molecule has 2 N–H and O–H groups in total. The molecule has 0 atom stereocenters. The number of benzene rings is 2. The maximum absolute atomic E-state index is 11.8. The van der Waals surface area contributed by atoms with E-state index in [1.807, 2.05) is 53.5 Å². The number of aliphatic imine (C=N–C) groups is 1. The van der Waals surface area contributed by atoms with Crippen molar-refractivity contribution in [2.24, 2.45) is 4.99 Å². The highest BCUT2D eigenvalue weighted by Gasteiger charge is 2.20. The normalized spacial score (nSPS) is 16.5. The van der Waals surface area contributed by atoms with E-state index in [4.69, 9.17) is 4.84 Å². The van der Waals surface area contributed by atoms with Gasteiger partial charge in [-0.2, -0.15) is 10.0 Å². The minimum Gasteiger partial charge on any atom is -0.376 e. The molecule has 0 saturated carbocycles. The maximum atomic E-state index is 11.8. The highest BCUT2D eigenvalue weighted by atomic mass is 16.7. The molecule has 6 nitrogen and oxygen atoms in total. The Hall–Kier alpha value is -2.70. The molecule has 2 aromatic rings. The Labute approximate surface area is 128 Å². The number of para-hydroxylation sites is 1. The van der Waals surface area contributed by atoms with Gasteiger partial charge in [-0.3, -0.25) is 0 Å². The second-order valence-corrected chi connectivity index (χ2v) is 4.84. The van der Waals surface area contributed by atoms with Crippen LogP contribution in [0.3, 0.4) is 0 Å². The molecule has 1 heterocycles. The number of nitrogens with one attached hydrogen (secondary N) is 2. The Bertz CT molecular complexity index is 658. The molecule has 2 amide bonds. The number of carbonyl (C=O) groups is 1. The van der Waals surface area contributed by atoms with Crippen molar-refractivity contribution in [2.75, 3.05) is 11.9 Å². The number of rotatable bonds is 3. The van der Waals surface area contributed by atoms with Crippen molar-refractivity contribution < 1.29 is 9.63 Å². The third-order valence-corrected chi connectivity index (χ3v) is 3.09. The van der Waals surface area contributed by atoms with E-state index in [0.717, 1.165) is 5.56 Å². The third-order valence-electron chi connectivity index (χ3n) is 3.09. The van der Waals surface area contributed by atoms with Gasteiger partial charge in [0.2, 0.25) is 5.90 Å². The zero-order valence-electron chi connectivity index (χ0n) is 11.9. The Kier molecular flexibility index (Phi) is 4.43. The van der Waals surface area contributed by atoms with Crippen LogP contribution in [-0.4, -0.2) is 23.5 Å². The van der Waals surface area contributed by atoms with Crippen molar-refractivity contribution in [3.8, 4) is 0 Å². The molecule has 0 unspecified atom stereocenters. The summed E-state index contributed by atoms with van der Waals surface area (Å²) in [6.07, 6.45) is 0. The van der Waals surface area contributed by atoms with Crippen LogP contribution >= 0.6 is 0 Å². The summed E-state index contributed by atoms with van der Waals surface area (Å²) in [4.78, 5) is 20.9. The van der Waals surface area contributed by atoms with Crippen LogP contribution in [-0.2, 0) is 11.4 Å². The van der Waals surface area contributed by atoms with E-state index in [9.17, 15) is 4.79 Å². The van der Waals surface area contributed by atoms with Crippen molar-refractivity contribution >= 4 is 17.6 Å². The van der Waals surface area contributed by atoms with Crippen LogP contribution in [0.5, 0.6) is 0 Å². The van der Waals surface area contributed by atoms with Gasteiger partial charge in [-0.1, -0.05) is 54.1 Å². The molecule has 112 valence electrons. The van der Waals surface area contributed by atoms with Crippen LogP contribution in [0.25, 0.3) is 0 Å². The lowest BCUT2D eigenvalue weighted by Gasteiger charge is -2.10. The predicted octanol–water partition coefficient (Wildman–Crippen LogP) is 2.57. The summed E-state index contributed by atoms with van der Waals surface area (Å²) >= 11 is 0. The van der Waals surface area contributed by atoms with Crippen LogP contribution in [0.15, 0.2) is 65.7 Å². The van der Waals surface area contributed by atoms with Crippen molar-refractivity contribution in [2.45, 2.75) is 6.54 Å². The summed E-state index contributed by atoms with van der Waals surface area (Å²) in [5, 5.41) is 4.52. The van der Waals surface area contributed by atoms with E-state index in [1.54, 1.807) is 12.1 Å². The fourth-order valence-corrected chi connectivity index (χ4v) is 2.08. The number of hydrogen-bond donors (Lipinski definition) is 2. The van der Waals surface area contributed by atoms with Crippen LogP contribution in [0.1, 0.15) is 5.56 Å². The molecular formula is C16H16N4O2. The molecule has 0 aliphatic carbocycles. The molecule has 1 aliphatic heterocycles. The molecule has 3 rings (SSSR count). The minimum absolute atomic E-state index is 0.337. The van der Waals surface area contributed by atoms with E-state index in [-0.39, 0.29) is 0 Å². The van der Waals surface area contributed by atoms with Crippen molar-refractivity contribution in [3.05, 3.63) is 66.2 Å². The molecule has 0 aromatic heterocycles. The topological polar surface area (TPSA) is 66.0 Å². The third kappa shape index (κ3) is 3.91. The Balaban J connectivity index is 1.54. The molecule has 0 spiro atoms. The largest absolute Gasteiger partial charge is 0.376 e. The monoisotopic (exact) mass is 296 g/mol. The highest BCUT2D eigenvalue weighted by molar-refractivity contribution is 5.98. The lowest BCUT2D eigenvalue weighted by atomic mass is 10.2. The second kappa shape index (κ2) is 6.84. The van der Waals surface area contributed by atoms with Crippen LogP contribution in [0.4, 0.5) is 10.5 Å². The quantitative estimate of drug-likeness (QED) is 0.913. The van der Waals surface area contributed by atoms with Gasteiger partial charge in [0.1, 0.15) is 0 Å². The summed E-state index contributed by atoms with van der Waals surface area (Å²) in [5.41, 5.74) is 4.59. The number of hydrazine groups is 1. The summed E-state index contributed by atoms with van der Waals surface area (Å²) in [5.74, 6) is 0.337. The molecule has 22 heavy (non-hydrogen) atoms. The van der Waals surface area contributed by atoms with E-state index in [2.05, 4.69) is 15.9 Å². The molecule has 2 aromatic carbocycles. The maximum Gasteiger partial charge on any atom is 0.348 e. The molecular weight excluding hydrogens is 280 g/mol. The number of amides is 2. The Morgan fingerprint density at radius 1 is 1.14 bits per heavy atom. The average molecular weight is 296 g/mol. The summed E-state index contributed by atoms with van der Waals surface area (Å²) in [6.45, 7) is 1.09. The molecule has 6 heteroatoms. The van der Waals surface area contributed by atoms with Gasteiger partial charge in [-0.05, 0) is 17.7 Å². The van der Waals surface area contributed by atoms with Crippen molar-refractivity contribution in [1.82, 2.24) is 10.6 Å². The van der Waals surface area contributed by atoms with Crippen LogP contribution in [0.2, 0.25) is 0 Å². The van der Waals surface area contributed by atoms with E-state index >= 15 is 0 Å². The highest BCUT2D eigenvalue weighted by Crippen LogP contribution is 2.08. The van der Waals surface area contributed by atoms with Gasteiger partial charge >= 0.3 is 6.03 Å². The van der Waals surface area contributed by atoms with Gasteiger partial charge in [0.05, 0.1) is 6.54 Å². The summed E-state index contributed by atoms with van der Waals surface area (Å²) in [7, 11) is 0. The van der Waals surface area contributed by atoms with Gasteiger partial charge in [0, 0.05) is 12.2 Å². The fourth-order valence-electron chi connectivity index (χ4n) is 2.08. The van der Waals surface area contributed by atoms with E-state index in [1.165, 1.54) is 0 Å². The zero-order chi connectivity index (χ0) is 15.2. The molecule has 1 saturated heterocycles. The smallest absolute Gasteiger partial charge is 0.348 e. The standard InChI is InChI=1S/C16H16N4O2/c21-16(17-14-9-5-2-6-10-14)18-15-12-20(19-22-15)11-13-7-3-1-4-8-13/h1-10,19H,11-12H2,(H,17,21). The van der Waals surface area contributed by atoms with Gasteiger partial charge in [0.15, 0.2) is 0 Å². The first-order valence-electron chi connectivity index (χ1n) is 6.94. The molecule has 1 aliphatic rings. The first kappa shape index (κ1) is 14.2. The number of carbonyl (C=O) groups excluding carboxylic acids is 1. The Morgan fingerprint density at radius 2 is 1.82 bits per heavy atom. The summed E-state index contributed by atoms with van der Waals surface area (Å²) < 4.78 is 0. The average Bonchev–Trinajstić information content (AvgIpc) is 2.96. The van der Waals surface area contributed by atoms with Gasteiger partial charge in [-0.15, -0.1) is 0 Å². The Morgan fingerprint density at radius 3 is 2.55 bits per heavy atom. The zero-order valence-corrected chi connectivity index (χ0v) is 11.9. The minimum atomic E-state index is -0.454. The van der Waals surface area contributed by atoms with Crippen molar-refractivity contribution in [1.29, 1.82) is 0 Å². The first-order chi connectivity index (χ1) is 10.8. The van der Waals surface area contributed by atoms with Gasteiger partial charge in [-0.25, -0.2) is 4.79 Å². The number of urea groups is 1. The second-order valence-electron chi connectivity index (χ2n) is 4.84. The lowest BCUT2D eigenvalue weighted by Crippen LogP contribution is -2.29. The van der Waals surface area contributed by atoms with Gasteiger partial charge in [0.25, 0.3) is 0 Å². The number of nitrogens with zero attached hydrogens (tertiary/aromatic N) is 2. The SMILES string of the molecule is O=C(N=C1CN(Cc2ccccc2)NO1)Nc1ccccc1. The summed E-state index contributed by atoms with van der Waals surface area (Å²) in [6, 6.07) is 18.7. The number of hydrogen-bond acceptors (Lipinski definition) is 4. The molecule has 1 fully saturated rings. The molecule has 0 radical (unpaired) electrons. The predicted molar refractivity (Wildman–Crippen MR) is 84.0 cm³/mol. The number of anilines is 1. The molecule has 0 bridgehead atoms. The first-order valence-corrected chi connectivity index (χ1v) is 6.94. The van der Waals surface area contributed by atoms with Crippen LogP contribution in [0, 0.1) is 0 Å². The fraction of sp³-hybridized carbons (Fsp3) is 0.125. The van der Waals surface area contributed by atoms with Gasteiger partial charge < -0.3 is 10.2 Å². The van der Waals surface area contributed by atoms with E-state index < -0.39 is 6.03 Å². The lowest BCUT2D eigenvalue weighted by molar-refractivity contribution is 0.0497. The van der Waals surface area contributed by atoms with E-state index in [0.29, 0.717) is 24.7 Å².